The fourth-order valence-corrected chi connectivity index (χ4v) is 4.38. The summed E-state index contributed by atoms with van der Waals surface area (Å²) in [5.74, 6) is 2.95. The fourth-order valence-electron chi connectivity index (χ4n) is 2.46. The molecule has 4 nitrogen and oxygen atoms in total. The molecule has 0 spiro atoms. The van der Waals surface area contributed by atoms with Gasteiger partial charge in [0.05, 0.1) is 23.3 Å². The molecule has 0 aliphatic carbocycles. The Morgan fingerprint density at radius 1 is 1.20 bits per heavy atom. The lowest BCUT2D eigenvalue weighted by molar-refractivity contribution is 0.530. The van der Waals surface area contributed by atoms with Crippen molar-refractivity contribution in [3.63, 3.8) is 0 Å². The van der Waals surface area contributed by atoms with E-state index in [0.717, 1.165) is 27.5 Å². The van der Waals surface area contributed by atoms with E-state index in [0.29, 0.717) is 21.3 Å². The van der Waals surface area contributed by atoms with E-state index in [2.05, 4.69) is 9.97 Å². The Kier molecular flexibility index (Phi) is 4.65. The average molecular weight is 389 g/mol. The molecule has 0 amide bonds. The molecule has 3 aromatic heterocycles. The van der Waals surface area contributed by atoms with Crippen LogP contribution in [0.3, 0.4) is 0 Å². The van der Waals surface area contributed by atoms with Crippen molar-refractivity contribution >= 4 is 44.9 Å². The van der Waals surface area contributed by atoms with Crippen LogP contribution in [0.1, 0.15) is 11.6 Å². The number of halogens is 1. The van der Waals surface area contributed by atoms with Crippen molar-refractivity contribution in [1.29, 1.82) is 0 Å². The number of thioether (sulfide) groups is 1. The number of hydrogen-bond acceptors (Lipinski definition) is 5. The van der Waals surface area contributed by atoms with E-state index >= 15 is 0 Å². The maximum atomic E-state index is 12.4. The fraction of sp³-hybridized carbons (Fsp3) is 0.111. The van der Waals surface area contributed by atoms with E-state index in [1.165, 1.54) is 11.3 Å². The summed E-state index contributed by atoms with van der Waals surface area (Å²) in [6.45, 7) is 0. The van der Waals surface area contributed by atoms with Crippen molar-refractivity contribution in [3.8, 4) is 10.4 Å². The number of thiophene rings is 1. The van der Waals surface area contributed by atoms with Crippen LogP contribution in [0, 0.1) is 0 Å². The van der Waals surface area contributed by atoms with Gasteiger partial charge in [0, 0.05) is 9.90 Å². The monoisotopic (exact) mass is 388 g/mol. The summed E-state index contributed by atoms with van der Waals surface area (Å²) >= 11 is 9.03. The molecule has 0 radical (unpaired) electrons. The van der Waals surface area contributed by atoms with Gasteiger partial charge in [0.1, 0.15) is 16.3 Å². The summed E-state index contributed by atoms with van der Waals surface area (Å²) in [7, 11) is 0. The molecular weight excluding hydrogens is 376 g/mol. The quantitative estimate of drug-likeness (QED) is 0.502. The Morgan fingerprint density at radius 2 is 2.04 bits per heavy atom. The van der Waals surface area contributed by atoms with Crippen LogP contribution in [0.5, 0.6) is 0 Å². The van der Waals surface area contributed by atoms with Gasteiger partial charge in [-0.25, -0.2) is 4.98 Å². The molecule has 0 atom stereocenters. The van der Waals surface area contributed by atoms with Crippen molar-refractivity contribution < 1.29 is 4.42 Å². The van der Waals surface area contributed by atoms with Gasteiger partial charge >= 0.3 is 0 Å². The summed E-state index contributed by atoms with van der Waals surface area (Å²) in [4.78, 5) is 20.8. The van der Waals surface area contributed by atoms with Gasteiger partial charge in [-0.05, 0) is 35.9 Å². The number of aromatic nitrogens is 2. The van der Waals surface area contributed by atoms with E-state index in [1.807, 2.05) is 42.5 Å². The topological polar surface area (TPSA) is 58.9 Å². The van der Waals surface area contributed by atoms with Crippen LogP contribution in [-0.4, -0.2) is 9.97 Å². The highest BCUT2D eigenvalue weighted by atomic mass is 35.5. The molecule has 0 unspecified atom stereocenters. The molecule has 126 valence electrons. The standard InChI is InChI=1S/C18H13ClN2O2S2/c19-12-5-3-11(4-6-12)15-8-14-17(25-15)18(22)21-16(20-14)10-24-9-13-2-1-7-23-13/h1-8H,9-10H2,(H,20,21,22). The highest BCUT2D eigenvalue weighted by Gasteiger charge is 2.10. The van der Waals surface area contributed by atoms with Gasteiger partial charge in [-0.3, -0.25) is 4.79 Å². The Labute approximate surface area is 156 Å². The first kappa shape index (κ1) is 16.4. The van der Waals surface area contributed by atoms with Crippen molar-refractivity contribution in [2.75, 3.05) is 0 Å². The van der Waals surface area contributed by atoms with Crippen LogP contribution in [-0.2, 0) is 11.5 Å². The van der Waals surface area contributed by atoms with Gasteiger partial charge < -0.3 is 9.40 Å². The van der Waals surface area contributed by atoms with E-state index in [1.54, 1.807) is 18.0 Å². The predicted octanol–water partition coefficient (Wildman–Crippen LogP) is 5.33. The number of H-pyrrole nitrogens is 1. The Morgan fingerprint density at radius 3 is 2.80 bits per heavy atom. The summed E-state index contributed by atoms with van der Waals surface area (Å²) in [5.41, 5.74) is 1.66. The zero-order valence-corrected chi connectivity index (χ0v) is 15.4. The average Bonchev–Trinajstić information content (AvgIpc) is 3.25. The number of hydrogen-bond donors (Lipinski definition) is 1. The van der Waals surface area contributed by atoms with Gasteiger partial charge in [0.2, 0.25) is 0 Å². The molecule has 0 aliphatic rings. The van der Waals surface area contributed by atoms with Crippen LogP contribution < -0.4 is 5.56 Å². The maximum absolute atomic E-state index is 12.4. The van der Waals surface area contributed by atoms with Crippen LogP contribution >= 0.6 is 34.7 Å². The first-order valence-corrected chi connectivity index (χ1v) is 9.93. The molecular formula is C18H13ClN2O2S2. The zero-order valence-electron chi connectivity index (χ0n) is 13.0. The first-order valence-electron chi connectivity index (χ1n) is 7.58. The molecule has 0 saturated carbocycles. The molecule has 0 bridgehead atoms. The molecule has 1 N–H and O–H groups in total. The number of furan rings is 1. The minimum absolute atomic E-state index is 0.0937. The lowest BCUT2D eigenvalue weighted by Crippen LogP contribution is -2.09. The third-order valence-corrected chi connectivity index (χ3v) is 6.01. The summed E-state index contributed by atoms with van der Waals surface area (Å²) in [6.07, 6.45) is 1.66. The highest BCUT2D eigenvalue weighted by Crippen LogP contribution is 2.31. The summed E-state index contributed by atoms with van der Waals surface area (Å²) in [5, 5.41) is 0.691. The SMILES string of the molecule is O=c1[nH]c(CSCc2ccco2)nc2cc(-c3ccc(Cl)cc3)sc12. The number of nitrogens with zero attached hydrogens (tertiary/aromatic N) is 1. The third kappa shape index (κ3) is 3.66. The van der Waals surface area contributed by atoms with Crippen LogP contribution in [0.25, 0.3) is 20.7 Å². The number of fused-ring (bicyclic) bond motifs is 1. The largest absolute Gasteiger partial charge is 0.468 e. The first-order chi connectivity index (χ1) is 12.2. The lowest BCUT2D eigenvalue weighted by atomic mass is 10.2. The van der Waals surface area contributed by atoms with Crippen LogP contribution in [0.2, 0.25) is 5.02 Å². The Balaban J connectivity index is 1.58. The second kappa shape index (κ2) is 7.07. The molecule has 4 rings (SSSR count). The van der Waals surface area contributed by atoms with E-state index < -0.39 is 0 Å². The normalized spacial score (nSPS) is 11.2. The Hall–Kier alpha value is -2.02. The molecule has 0 aliphatic heterocycles. The molecule has 4 aromatic rings. The van der Waals surface area contributed by atoms with Gasteiger partial charge in [0.15, 0.2) is 0 Å². The van der Waals surface area contributed by atoms with Gasteiger partial charge in [0.25, 0.3) is 5.56 Å². The van der Waals surface area contributed by atoms with Gasteiger partial charge in [-0.1, -0.05) is 23.7 Å². The smallest absolute Gasteiger partial charge is 0.268 e. The minimum Gasteiger partial charge on any atom is -0.468 e. The molecule has 0 fully saturated rings. The highest BCUT2D eigenvalue weighted by molar-refractivity contribution is 7.97. The maximum Gasteiger partial charge on any atom is 0.268 e. The summed E-state index contributed by atoms with van der Waals surface area (Å²) in [6, 6.07) is 13.3. The van der Waals surface area contributed by atoms with E-state index in [-0.39, 0.29) is 5.56 Å². The number of rotatable bonds is 5. The van der Waals surface area contributed by atoms with Gasteiger partial charge in [-0.2, -0.15) is 0 Å². The second-order valence-electron chi connectivity index (χ2n) is 5.42. The van der Waals surface area contributed by atoms with E-state index in [4.69, 9.17) is 16.0 Å². The van der Waals surface area contributed by atoms with Crippen LogP contribution in [0.4, 0.5) is 0 Å². The summed E-state index contributed by atoms with van der Waals surface area (Å²) < 4.78 is 5.95. The second-order valence-corrected chi connectivity index (χ2v) is 7.89. The molecule has 3 heterocycles. The molecule has 1 aromatic carbocycles. The van der Waals surface area contributed by atoms with Crippen molar-refractivity contribution in [1.82, 2.24) is 9.97 Å². The number of aromatic amines is 1. The van der Waals surface area contributed by atoms with Crippen molar-refractivity contribution in [3.05, 3.63) is 75.7 Å². The zero-order chi connectivity index (χ0) is 17.2. The predicted molar refractivity (Wildman–Crippen MR) is 104 cm³/mol. The van der Waals surface area contributed by atoms with Crippen LogP contribution in [0.15, 0.2) is 57.9 Å². The Bertz CT molecular complexity index is 1050. The number of benzene rings is 1. The molecule has 7 heteroatoms. The lowest BCUT2D eigenvalue weighted by Gasteiger charge is -2.00. The van der Waals surface area contributed by atoms with Crippen molar-refractivity contribution in [2.45, 2.75) is 11.5 Å². The molecule has 25 heavy (non-hydrogen) atoms. The minimum atomic E-state index is -0.0937. The van der Waals surface area contributed by atoms with Gasteiger partial charge in [-0.15, -0.1) is 23.1 Å². The van der Waals surface area contributed by atoms with Crippen molar-refractivity contribution in [2.24, 2.45) is 0 Å². The number of nitrogens with one attached hydrogen (secondary N) is 1. The van der Waals surface area contributed by atoms with E-state index in [9.17, 15) is 4.79 Å². The molecule has 0 saturated heterocycles. The third-order valence-electron chi connectivity index (χ3n) is 3.62.